The van der Waals surface area contributed by atoms with Gasteiger partial charge in [-0.15, -0.1) is 0 Å². The maximum atomic E-state index is 13.5. The molecule has 1 amide bonds. The van der Waals surface area contributed by atoms with Gasteiger partial charge in [0.15, 0.2) is 0 Å². The number of hydrogen-bond donors (Lipinski definition) is 0. The summed E-state index contributed by atoms with van der Waals surface area (Å²) >= 11 is 0. The molecule has 1 saturated heterocycles. The minimum absolute atomic E-state index is 0.00867. The summed E-state index contributed by atoms with van der Waals surface area (Å²) in [5, 5.41) is 6.84. The quantitative estimate of drug-likeness (QED) is 0.737. The number of allylic oxidation sites excluding steroid dienone is 1. The lowest BCUT2D eigenvalue weighted by Crippen LogP contribution is -2.48. The van der Waals surface area contributed by atoms with E-state index in [2.05, 4.69) is 71.5 Å². The molecule has 1 aliphatic carbocycles. The van der Waals surface area contributed by atoms with E-state index in [9.17, 15) is 4.79 Å². The number of carbonyl (C=O) groups is 1. The summed E-state index contributed by atoms with van der Waals surface area (Å²) in [5.74, 6) is 0.377. The molecule has 5 heteroatoms. The van der Waals surface area contributed by atoms with Crippen molar-refractivity contribution in [2.75, 3.05) is 39.8 Å². The maximum Gasteiger partial charge on any atom is 0.257 e. The second kappa shape index (κ2) is 9.39. The van der Waals surface area contributed by atoms with Crippen LogP contribution in [0.25, 0.3) is 6.08 Å². The summed E-state index contributed by atoms with van der Waals surface area (Å²) in [6.45, 7) is 4.34. The van der Waals surface area contributed by atoms with Crippen molar-refractivity contribution in [3.8, 4) is 0 Å². The summed E-state index contributed by atoms with van der Waals surface area (Å²) < 4.78 is 0. The first-order valence-electron chi connectivity index (χ1n) is 11.8. The third-order valence-electron chi connectivity index (χ3n) is 6.99. The molecule has 2 aromatic carbocycles. The fourth-order valence-electron chi connectivity index (χ4n) is 5.21. The summed E-state index contributed by atoms with van der Waals surface area (Å²) in [7, 11) is 2.14. The Morgan fingerprint density at radius 3 is 2.41 bits per heavy atom. The molecule has 2 aliphatic heterocycles. The lowest BCUT2D eigenvalue weighted by Gasteiger charge is -2.34. The third kappa shape index (κ3) is 4.41. The number of hydrazone groups is 1. The van der Waals surface area contributed by atoms with E-state index in [1.165, 1.54) is 16.7 Å². The van der Waals surface area contributed by atoms with Crippen molar-refractivity contribution in [3.63, 3.8) is 0 Å². The van der Waals surface area contributed by atoms with Crippen LogP contribution in [0, 0.1) is 5.92 Å². The van der Waals surface area contributed by atoms with E-state index < -0.39 is 0 Å². The molecule has 0 radical (unpaired) electrons. The summed E-state index contributed by atoms with van der Waals surface area (Å²) in [5.41, 5.74) is 4.78. The molecule has 0 spiro atoms. The highest BCUT2D eigenvalue weighted by molar-refractivity contribution is 6.08. The van der Waals surface area contributed by atoms with Gasteiger partial charge in [0.05, 0.1) is 18.3 Å². The second-order valence-electron chi connectivity index (χ2n) is 9.24. The predicted molar refractivity (Wildman–Crippen MR) is 129 cm³/mol. The van der Waals surface area contributed by atoms with E-state index in [0.717, 1.165) is 51.2 Å². The highest BCUT2D eigenvalue weighted by atomic mass is 16.2. The Morgan fingerprint density at radius 2 is 1.69 bits per heavy atom. The first-order valence-corrected chi connectivity index (χ1v) is 11.8. The highest BCUT2D eigenvalue weighted by Gasteiger charge is 2.43. The number of carbonyl (C=O) groups excluding carboxylic acids is 1. The molecule has 0 N–H and O–H groups in total. The molecule has 5 nitrogen and oxygen atoms in total. The van der Waals surface area contributed by atoms with Gasteiger partial charge in [-0.05, 0) is 49.1 Å². The zero-order valence-electron chi connectivity index (χ0n) is 18.9. The lowest BCUT2D eigenvalue weighted by atomic mass is 9.77. The van der Waals surface area contributed by atoms with Crippen LogP contribution < -0.4 is 0 Å². The molecule has 2 aromatic rings. The molecule has 2 heterocycles. The first kappa shape index (κ1) is 21.1. The first-order chi connectivity index (χ1) is 15.7. The Balaban J connectivity index is 1.45. The topological polar surface area (TPSA) is 39.1 Å². The zero-order chi connectivity index (χ0) is 21.9. The van der Waals surface area contributed by atoms with Crippen molar-refractivity contribution in [3.05, 3.63) is 77.4 Å². The Hall–Kier alpha value is -2.76. The van der Waals surface area contributed by atoms with Crippen molar-refractivity contribution in [1.29, 1.82) is 0 Å². The maximum absolute atomic E-state index is 13.5. The van der Waals surface area contributed by atoms with Crippen LogP contribution in [0.2, 0.25) is 0 Å². The summed E-state index contributed by atoms with van der Waals surface area (Å²) in [4.78, 5) is 18.1. The lowest BCUT2D eigenvalue weighted by molar-refractivity contribution is -0.135. The molecule has 2 atom stereocenters. The van der Waals surface area contributed by atoms with Gasteiger partial charge in [-0.2, -0.15) is 5.10 Å². The van der Waals surface area contributed by atoms with Gasteiger partial charge in [0.25, 0.3) is 5.91 Å². The van der Waals surface area contributed by atoms with E-state index >= 15 is 0 Å². The molecule has 0 bridgehead atoms. The second-order valence-corrected chi connectivity index (χ2v) is 9.24. The van der Waals surface area contributed by atoms with E-state index in [-0.39, 0.29) is 17.9 Å². The highest BCUT2D eigenvalue weighted by Crippen LogP contribution is 2.44. The Morgan fingerprint density at radius 1 is 1.00 bits per heavy atom. The van der Waals surface area contributed by atoms with Gasteiger partial charge >= 0.3 is 0 Å². The number of hydrogen-bond acceptors (Lipinski definition) is 4. The third-order valence-corrected chi connectivity index (χ3v) is 6.99. The molecule has 3 aliphatic rings. The van der Waals surface area contributed by atoms with E-state index in [0.29, 0.717) is 6.54 Å². The molecule has 32 heavy (non-hydrogen) atoms. The monoisotopic (exact) mass is 428 g/mol. The molecule has 0 unspecified atom stereocenters. The van der Waals surface area contributed by atoms with Gasteiger partial charge in [0.2, 0.25) is 0 Å². The van der Waals surface area contributed by atoms with Crippen LogP contribution in [0.4, 0.5) is 0 Å². The average Bonchev–Trinajstić information content (AvgIpc) is 3.23. The molecular weight excluding hydrogens is 396 g/mol. The predicted octanol–water partition coefficient (Wildman–Crippen LogP) is 4.06. The van der Waals surface area contributed by atoms with Crippen LogP contribution in [0.15, 0.2) is 71.3 Å². The van der Waals surface area contributed by atoms with E-state index in [1.54, 1.807) is 0 Å². The van der Waals surface area contributed by atoms with Crippen molar-refractivity contribution in [1.82, 2.24) is 14.8 Å². The standard InChI is InChI=1S/C27H32N4O/c1-29-15-17-30(18-16-29)20-25(32)31-27(22-11-6-3-7-12-22)24-14-8-13-23(26(24)28-31)19-21-9-4-2-5-10-21/h2-7,9-12,19,24,27H,8,13-18,20H2,1H3/b23-19+/t24-,27+/m0/s1. The smallest absolute Gasteiger partial charge is 0.257 e. The number of nitrogens with zero attached hydrogens (tertiary/aromatic N) is 4. The van der Waals surface area contributed by atoms with E-state index in [1.807, 2.05) is 17.1 Å². The van der Waals surface area contributed by atoms with Crippen molar-refractivity contribution in [2.24, 2.45) is 11.0 Å². The summed E-state index contributed by atoms with van der Waals surface area (Å²) in [6, 6.07) is 20.9. The number of likely N-dealkylation sites (N-methyl/N-ethyl adjacent to an activating group) is 1. The number of fused-ring (bicyclic) bond motifs is 1. The SMILES string of the molecule is CN1CCN(CC(=O)N2N=C3/C(=C/c4ccccc4)CCC[C@@H]3[C@H]2c2ccccc2)CC1. The van der Waals surface area contributed by atoms with Gasteiger partial charge in [0.1, 0.15) is 0 Å². The van der Waals surface area contributed by atoms with Crippen molar-refractivity contribution >= 4 is 17.7 Å². The Labute approximate surface area is 191 Å². The van der Waals surface area contributed by atoms with Crippen LogP contribution in [0.3, 0.4) is 0 Å². The van der Waals surface area contributed by atoms with Crippen LogP contribution in [-0.2, 0) is 4.79 Å². The van der Waals surface area contributed by atoms with Crippen LogP contribution in [0.5, 0.6) is 0 Å². The van der Waals surface area contributed by atoms with Gasteiger partial charge in [-0.1, -0.05) is 60.7 Å². The van der Waals surface area contributed by atoms with Gasteiger partial charge < -0.3 is 4.90 Å². The van der Waals surface area contributed by atoms with Gasteiger partial charge in [-0.3, -0.25) is 9.69 Å². The van der Waals surface area contributed by atoms with Crippen LogP contribution in [0.1, 0.15) is 36.4 Å². The van der Waals surface area contributed by atoms with Crippen LogP contribution >= 0.6 is 0 Å². The Bertz CT molecular complexity index is 993. The largest absolute Gasteiger partial charge is 0.304 e. The minimum Gasteiger partial charge on any atom is -0.304 e. The Kier molecular flexibility index (Phi) is 6.19. The van der Waals surface area contributed by atoms with E-state index in [4.69, 9.17) is 5.10 Å². The average molecular weight is 429 g/mol. The molecule has 1 saturated carbocycles. The molecule has 166 valence electrons. The minimum atomic E-state index is -0.00867. The van der Waals surface area contributed by atoms with Crippen LogP contribution in [-0.4, -0.2) is 66.2 Å². The number of rotatable bonds is 4. The number of benzene rings is 2. The molecule has 0 aromatic heterocycles. The fourth-order valence-corrected chi connectivity index (χ4v) is 5.21. The summed E-state index contributed by atoms with van der Waals surface area (Å²) in [6.07, 6.45) is 5.49. The number of piperazine rings is 1. The zero-order valence-corrected chi connectivity index (χ0v) is 18.9. The molecule has 2 fully saturated rings. The van der Waals surface area contributed by atoms with Crippen molar-refractivity contribution in [2.45, 2.75) is 25.3 Å². The fraction of sp³-hybridized carbons (Fsp3) is 0.407. The number of amides is 1. The van der Waals surface area contributed by atoms with Gasteiger partial charge in [0, 0.05) is 32.1 Å². The van der Waals surface area contributed by atoms with Crippen molar-refractivity contribution < 1.29 is 4.79 Å². The van der Waals surface area contributed by atoms with Gasteiger partial charge in [-0.25, -0.2) is 5.01 Å². The molecular formula is C27H32N4O. The normalized spacial score (nSPS) is 25.6. The molecule has 5 rings (SSSR count).